The Kier molecular flexibility index (Phi) is 1.84. The van der Waals surface area contributed by atoms with Gasteiger partial charge in [0.1, 0.15) is 5.01 Å². The summed E-state index contributed by atoms with van der Waals surface area (Å²) >= 11 is 1.33. The predicted molar refractivity (Wildman–Crippen MR) is 59.6 cm³/mol. The lowest BCUT2D eigenvalue weighted by Gasteiger charge is -1.94. The van der Waals surface area contributed by atoms with E-state index in [2.05, 4.69) is 9.97 Å². The third kappa shape index (κ3) is 1.40. The highest BCUT2D eigenvalue weighted by atomic mass is 32.1. The minimum atomic E-state index is -0.478. The van der Waals surface area contributed by atoms with E-state index >= 15 is 0 Å². The van der Waals surface area contributed by atoms with Gasteiger partial charge in [0.2, 0.25) is 5.88 Å². The van der Waals surface area contributed by atoms with Crippen LogP contribution in [0.2, 0.25) is 0 Å². The monoisotopic (exact) mass is 234 g/mol. The Morgan fingerprint density at radius 3 is 3.06 bits per heavy atom. The smallest absolute Gasteiger partial charge is 0.417 e. The van der Waals surface area contributed by atoms with Crippen LogP contribution in [-0.4, -0.2) is 15.1 Å². The van der Waals surface area contributed by atoms with Crippen molar-refractivity contribution >= 4 is 22.4 Å². The highest BCUT2D eigenvalue weighted by Gasteiger charge is 2.07. The number of thiazole rings is 1. The molecule has 0 amide bonds. The molecule has 3 rings (SSSR count). The van der Waals surface area contributed by atoms with Gasteiger partial charge in [-0.25, -0.2) is 9.78 Å². The molecular weight excluding hydrogens is 228 g/mol. The maximum absolute atomic E-state index is 11.0. The van der Waals surface area contributed by atoms with E-state index in [9.17, 15) is 4.79 Å². The molecule has 2 N–H and O–H groups in total. The van der Waals surface area contributed by atoms with Crippen molar-refractivity contribution in [2.24, 2.45) is 0 Å². The Labute approximate surface area is 93.0 Å². The fourth-order valence-corrected chi connectivity index (χ4v) is 2.16. The van der Waals surface area contributed by atoms with Gasteiger partial charge in [-0.3, -0.25) is 4.98 Å². The van der Waals surface area contributed by atoms with E-state index in [1.54, 1.807) is 17.5 Å². The molecule has 0 saturated carbocycles. The van der Waals surface area contributed by atoms with E-state index in [1.165, 1.54) is 11.3 Å². The van der Waals surface area contributed by atoms with Gasteiger partial charge in [0.05, 0.1) is 10.9 Å². The Morgan fingerprint density at radius 2 is 2.31 bits per heavy atom. The van der Waals surface area contributed by atoms with Crippen molar-refractivity contribution in [2.45, 2.75) is 0 Å². The van der Waals surface area contributed by atoms with E-state index in [1.807, 2.05) is 6.07 Å². The summed E-state index contributed by atoms with van der Waals surface area (Å²) < 4.78 is 4.94. The SMILES string of the molecule is O=c1[nH]c2ccc(-c3nc(O)cs3)cc2o1. The summed E-state index contributed by atoms with van der Waals surface area (Å²) in [5.74, 6) is -0.482. The number of rotatable bonds is 1. The maximum Gasteiger partial charge on any atom is 0.417 e. The van der Waals surface area contributed by atoms with E-state index in [0.717, 1.165) is 5.56 Å². The first-order chi connectivity index (χ1) is 7.72. The lowest BCUT2D eigenvalue weighted by atomic mass is 10.2. The van der Waals surface area contributed by atoms with Crippen LogP contribution in [0.3, 0.4) is 0 Å². The number of aromatic hydroxyl groups is 1. The van der Waals surface area contributed by atoms with Crippen LogP contribution in [-0.2, 0) is 0 Å². The number of nitrogens with one attached hydrogen (secondary N) is 1. The first-order valence-electron chi connectivity index (χ1n) is 4.50. The molecule has 80 valence electrons. The van der Waals surface area contributed by atoms with Crippen molar-refractivity contribution in [3.05, 3.63) is 34.1 Å². The van der Waals surface area contributed by atoms with Crippen molar-refractivity contribution in [3.8, 4) is 16.5 Å². The minimum Gasteiger partial charge on any atom is -0.493 e. The van der Waals surface area contributed by atoms with Gasteiger partial charge in [-0.15, -0.1) is 11.3 Å². The number of aromatic amines is 1. The van der Waals surface area contributed by atoms with Gasteiger partial charge >= 0.3 is 5.76 Å². The molecule has 0 aliphatic carbocycles. The topological polar surface area (TPSA) is 79.1 Å². The van der Waals surface area contributed by atoms with Gasteiger partial charge in [0, 0.05) is 5.56 Å². The molecule has 2 heterocycles. The Morgan fingerprint density at radius 1 is 1.44 bits per heavy atom. The highest BCUT2D eigenvalue weighted by molar-refractivity contribution is 7.13. The molecule has 0 radical (unpaired) electrons. The largest absolute Gasteiger partial charge is 0.493 e. The second kappa shape index (κ2) is 3.21. The molecule has 0 spiro atoms. The Bertz CT molecular complexity index is 710. The number of hydrogen-bond donors (Lipinski definition) is 2. The number of benzene rings is 1. The van der Waals surface area contributed by atoms with Gasteiger partial charge in [-0.1, -0.05) is 0 Å². The molecule has 0 aliphatic rings. The summed E-state index contributed by atoms with van der Waals surface area (Å²) in [7, 11) is 0. The molecule has 1 aromatic carbocycles. The third-order valence-electron chi connectivity index (χ3n) is 2.16. The van der Waals surface area contributed by atoms with E-state index in [-0.39, 0.29) is 5.88 Å². The average molecular weight is 234 g/mol. The summed E-state index contributed by atoms with van der Waals surface area (Å²) in [4.78, 5) is 17.5. The van der Waals surface area contributed by atoms with Crippen molar-refractivity contribution in [3.63, 3.8) is 0 Å². The van der Waals surface area contributed by atoms with Gasteiger partial charge < -0.3 is 9.52 Å². The van der Waals surface area contributed by atoms with Crippen LogP contribution in [0.1, 0.15) is 0 Å². The average Bonchev–Trinajstić information content (AvgIpc) is 2.81. The van der Waals surface area contributed by atoms with Crippen LogP contribution < -0.4 is 5.76 Å². The molecular formula is C10H6N2O3S. The van der Waals surface area contributed by atoms with Crippen LogP contribution in [0, 0.1) is 0 Å². The van der Waals surface area contributed by atoms with E-state index in [4.69, 9.17) is 9.52 Å². The predicted octanol–water partition coefficient (Wildman–Crippen LogP) is 1.95. The van der Waals surface area contributed by atoms with Crippen molar-refractivity contribution in [1.29, 1.82) is 0 Å². The zero-order chi connectivity index (χ0) is 11.1. The van der Waals surface area contributed by atoms with E-state index in [0.29, 0.717) is 16.1 Å². The van der Waals surface area contributed by atoms with Crippen molar-refractivity contribution < 1.29 is 9.52 Å². The summed E-state index contributed by atoms with van der Waals surface area (Å²) in [5.41, 5.74) is 1.94. The standard InChI is InChI=1S/C10H6N2O3S/c13-8-4-16-9(12-8)5-1-2-6-7(3-5)15-10(14)11-6/h1-4,13H,(H,11,14). The Hall–Kier alpha value is -2.08. The molecule has 16 heavy (non-hydrogen) atoms. The van der Waals surface area contributed by atoms with Gasteiger partial charge in [-0.2, -0.15) is 0 Å². The van der Waals surface area contributed by atoms with E-state index < -0.39 is 5.76 Å². The van der Waals surface area contributed by atoms with Crippen LogP contribution in [0.4, 0.5) is 0 Å². The molecule has 0 unspecified atom stereocenters. The normalized spacial score (nSPS) is 11.0. The van der Waals surface area contributed by atoms with Crippen LogP contribution in [0.5, 0.6) is 5.88 Å². The molecule has 5 nitrogen and oxygen atoms in total. The first kappa shape index (κ1) is 9.17. The van der Waals surface area contributed by atoms with Gasteiger partial charge in [-0.05, 0) is 18.2 Å². The molecule has 0 atom stereocenters. The lowest BCUT2D eigenvalue weighted by molar-refractivity contribution is 0.458. The molecule has 0 bridgehead atoms. The quantitative estimate of drug-likeness (QED) is 0.674. The minimum absolute atomic E-state index is 0.00406. The van der Waals surface area contributed by atoms with Crippen LogP contribution in [0.15, 0.2) is 32.8 Å². The number of oxazole rings is 1. The van der Waals surface area contributed by atoms with Gasteiger partial charge in [0.25, 0.3) is 0 Å². The number of fused-ring (bicyclic) bond motifs is 1. The van der Waals surface area contributed by atoms with Crippen LogP contribution in [0.25, 0.3) is 21.7 Å². The van der Waals surface area contributed by atoms with Crippen LogP contribution >= 0.6 is 11.3 Å². The third-order valence-corrected chi connectivity index (χ3v) is 3.04. The molecule has 0 saturated heterocycles. The fraction of sp³-hybridized carbons (Fsp3) is 0. The summed E-state index contributed by atoms with van der Waals surface area (Å²) in [6.45, 7) is 0. The molecule has 0 fully saturated rings. The second-order valence-electron chi connectivity index (χ2n) is 3.24. The molecule has 6 heteroatoms. The van der Waals surface area contributed by atoms with Gasteiger partial charge in [0.15, 0.2) is 5.58 Å². The molecule has 0 aliphatic heterocycles. The fourth-order valence-electron chi connectivity index (χ4n) is 1.48. The van der Waals surface area contributed by atoms with Crippen molar-refractivity contribution in [2.75, 3.05) is 0 Å². The zero-order valence-electron chi connectivity index (χ0n) is 7.93. The van der Waals surface area contributed by atoms with Crippen molar-refractivity contribution in [1.82, 2.24) is 9.97 Å². The first-order valence-corrected chi connectivity index (χ1v) is 5.38. The molecule has 2 aromatic heterocycles. The highest BCUT2D eigenvalue weighted by Crippen LogP contribution is 2.28. The Balaban J connectivity index is 2.21. The number of hydrogen-bond acceptors (Lipinski definition) is 5. The lowest BCUT2D eigenvalue weighted by Crippen LogP contribution is -1.92. The summed E-state index contributed by atoms with van der Waals surface area (Å²) in [6, 6.07) is 5.27. The summed E-state index contributed by atoms with van der Waals surface area (Å²) in [6.07, 6.45) is 0. The zero-order valence-corrected chi connectivity index (χ0v) is 8.75. The number of H-pyrrole nitrogens is 1. The number of nitrogens with zero attached hydrogens (tertiary/aromatic N) is 1. The second-order valence-corrected chi connectivity index (χ2v) is 4.09. The number of aromatic nitrogens is 2. The molecule has 3 aromatic rings. The summed E-state index contributed by atoms with van der Waals surface area (Å²) in [5, 5.41) is 11.4. The maximum atomic E-state index is 11.0.